The fourth-order valence-corrected chi connectivity index (χ4v) is 6.75. The third kappa shape index (κ3) is 4.28. The van der Waals surface area contributed by atoms with Crippen molar-refractivity contribution in [2.75, 3.05) is 0 Å². The summed E-state index contributed by atoms with van der Waals surface area (Å²) in [6.07, 6.45) is 0. The van der Waals surface area contributed by atoms with Crippen molar-refractivity contribution < 1.29 is 64.9 Å². The molecule has 2 rings (SSSR count). The fraction of sp³-hybridized carbons (Fsp3) is 0.333. The molecule has 24 heavy (non-hydrogen) atoms. The first-order chi connectivity index (χ1) is 10.5. The molecule has 0 N–H and O–H groups in total. The van der Waals surface area contributed by atoms with Gasteiger partial charge in [0.05, 0.1) is 0 Å². The third-order valence-corrected chi connectivity index (χ3v) is 8.74. The van der Waals surface area contributed by atoms with Crippen molar-refractivity contribution in [3.8, 4) is 0 Å². The standard InChI is InChI=1S/C18H20O3S.Hf.Hg/c1-12-6-11-17(14(3)13(12)2)18(4,5)15-7-9-16(10-8-15)22(19,20)21;;/h6-7,9,11H,1-5H3,(H,19,20,21);;/q-1;;/p-1. The fourth-order valence-electron chi connectivity index (χ4n) is 2.90. The van der Waals surface area contributed by atoms with Crippen LogP contribution in [0.2, 0.25) is 0 Å². The Bertz CT molecular complexity index is 874. The molecule has 123 valence electrons. The van der Waals surface area contributed by atoms with E-state index in [1.807, 2.05) is 0 Å². The quantitative estimate of drug-likeness (QED) is 0.283. The van der Waals surface area contributed by atoms with Crippen LogP contribution in [0.4, 0.5) is 0 Å². The molecular formula is C18H19HfHgO3S-2. The number of rotatable bonds is 3. The van der Waals surface area contributed by atoms with Gasteiger partial charge in [0.15, 0.2) is 0 Å². The summed E-state index contributed by atoms with van der Waals surface area (Å²) >= 11 is 0.00229. The summed E-state index contributed by atoms with van der Waals surface area (Å²) in [5.74, 6) is 0. The summed E-state index contributed by atoms with van der Waals surface area (Å²) in [7, 11) is -4.41. The average molecular weight is 694 g/mol. The topological polar surface area (TPSA) is 57.2 Å². The summed E-state index contributed by atoms with van der Waals surface area (Å²) in [6, 6.07) is 10.6. The van der Waals surface area contributed by atoms with Crippen molar-refractivity contribution in [3.63, 3.8) is 0 Å². The van der Waals surface area contributed by atoms with E-state index in [-0.39, 0.29) is 62.3 Å². The summed E-state index contributed by atoms with van der Waals surface area (Å²) in [5.41, 5.74) is 5.57. The summed E-state index contributed by atoms with van der Waals surface area (Å²) in [5, 5.41) is 0. The molecule has 0 aliphatic heterocycles. The van der Waals surface area contributed by atoms with Crippen LogP contribution in [0.1, 0.15) is 41.7 Å². The molecule has 0 saturated carbocycles. The Balaban J connectivity index is 0.00000288. The second-order valence-corrected chi connectivity index (χ2v) is 10.6. The van der Waals surface area contributed by atoms with Gasteiger partial charge in [-0.25, -0.2) is 0 Å². The van der Waals surface area contributed by atoms with E-state index in [0.717, 1.165) is 5.56 Å². The minimum atomic E-state index is -4.41. The van der Waals surface area contributed by atoms with Gasteiger partial charge in [0, 0.05) is 25.8 Å². The van der Waals surface area contributed by atoms with Crippen LogP contribution >= 0.6 is 0 Å². The molecular weight excluding hydrogens is 675 g/mol. The molecule has 6 heteroatoms. The maximum atomic E-state index is 11.3. The molecule has 0 amide bonds. The van der Waals surface area contributed by atoms with Crippen molar-refractivity contribution in [2.45, 2.75) is 44.9 Å². The number of hydrogen-bond acceptors (Lipinski definition) is 3. The van der Waals surface area contributed by atoms with Gasteiger partial charge < -0.3 is 0 Å². The third-order valence-electron chi connectivity index (χ3n) is 4.66. The molecule has 0 fully saturated rings. The molecule has 0 unspecified atom stereocenters. The molecule has 0 bridgehead atoms. The minimum Gasteiger partial charge on any atom is 0 e. The van der Waals surface area contributed by atoms with E-state index in [4.69, 9.17) is 0 Å². The Hall–Kier alpha value is 0.155. The van der Waals surface area contributed by atoms with E-state index in [9.17, 15) is 13.0 Å². The van der Waals surface area contributed by atoms with Crippen molar-refractivity contribution in [1.82, 2.24) is 0 Å². The van der Waals surface area contributed by atoms with Crippen LogP contribution in [0.5, 0.6) is 0 Å². The molecule has 0 atom stereocenters. The average Bonchev–Trinajstić information content (AvgIpc) is 2.43. The normalized spacial score (nSPS) is 12.0. The maximum absolute atomic E-state index is 11.3. The van der Waals surface area contributed by atoms with Crippen molar-refractivity contribution in [3.05, 3.63) is 58.1 Å². The number of hydrogen-bond donors (Lipinski definition) is 0. The SMILES string of the molecule is Cc1ccc(C(C)(C)c2[c-][c]([Hg])c(S(=O)(=O)[O-])cc2)c(C)c1C.[Hf]. The first-order valence-electron chi connectivity index (χ1n) is 7.38. The Labute approximate surface area is 179 Å². The largest absolute Gasteiger partial charge is 0 e. The zero-order chi connectivity index (χ0) is 17.6. The van der Waals surface area contributed by atoms with Gasteiger partial charge in [0.2, 0.25) is 0 Å². The van der Waals surface area contributed by atoms with Gasteiger partial charge in [-0.3, -0.25) is 0 Å². The zero-order valence-electron chi connectivity index (χ0n) is 14.6. The van der Waals surface area contributed by atoms with E-state index >= 15 is 0 Å². The van der Waals surface area contributed by atoms with E-state index in [2.05, 4.69) is 52.8 Å². The predicted octanol–water partition coefficient (Wildman–Crippen LogP) is 2.81. The number of benzene rings is 2. The second-order valence-electron chi connectivity index (χ2n) is 6.47. The Morgan fingerprint density at radius 2 is 1.62 bits per heavy atom. The van der Waals surface area contributed by atoms with Crippen LogP contribution in [0.15, 0.2) is 29.2 Å². The first kappa shape index (κ1) is 22.2. The predicted molar refractivity (Wildman–Crippen MR) is 85.7 cm³/mol. The second kappa shape index (κ2) is 7.81. The van der Waals surface area contributed by atoms with Gasteiger partial charge in [-0.15, -0.1) is 0 Å². The van der Waals surface area contributed by atoms with Gasteiger partial charge in [-0.1, -0.05) is 0 Å². The molecule has 0 heterocycles. The van der Waals surface area contributed by atoms with E-state index in [1.54, 1.807) is 6.07 Å². The van der Waals surface area contributed by atoms with Crippen molar-refractivity contribution in [2.24, 2.45) is 0 Å². The summed E-state index contributed by atoms with van der Waals surface area (Å²) in [6.45, 7) is 10.5. The van der Waals surface area contributed by atoms with E-state index < -0.39 is 10.1 Å². The molecule has 0 aliphatic carbocycles. The van der Waals surface area contributed by atoms with Gasteiger partial charge in [-0.2, -0.15) is 0 Å². The van der Waals surface area contributed by atoms with Crippen molar-refractivity contribution >= 4 is 13.2 Å². The van der Waals surface area contributed by atoms with Gasteiger partial charge in [0.1, 0.15) is 0 Å². The monoisotopic (exact) mass is 697 g/mol. The minimum absolute atomic E-state index is 0. The van der Waals surface area contributed by atoms with Gasteiger partial charge >= 0.3 is 155 Å². The molecule has 3 nitrogen and oxygen atoms in total. The van der Waals surface area contributed by atoms with Gasteiger partial charge in [0.25, 0.3) is 0 Å². The molecule has 2 aromatic carbocycles. The first-order valence-corrected chi connectivity index (χ1v) is 11.5. The van der Waals surface area contributed by atoms with E-state index in [1.165, 1.54) is 28.3 Å². The molecule has 0 aromatic heterocycles. The maximum Gasteiger partial charge on any atom is 0 e. The molecule has 2 aromatic rings. The van der Waals surface area contributed by atoms with Crippen LogP contribution in [0.3, 0.4) is 0 Å². The smallest absolute Gasteiger partial charge is 0 e. The van der Waals surface area contributed by atoms with Crippen LogP contribution in [-0.4, -0.2) is 13.0 Å². The van der Waals surface area contributed by atoms with Crippen molar-refractivity contribution in [1.29, 1.82) is 0 Å². The summed E-state index contributed by atoms with van der Waals surface area (Å²) in [4.78, 5) is -0.114. The van der Waals surface area contributed by atoms with Crippen LogP contribution < -0.4 is 3.07 Å². The molecule has 0 aliphatic rings. The molecule has 0 radical (unpaired) electrons. The van der Waals surface area contributed by atoms with Crippen LogP contribution in [0, 0.1) is 26.8 Å². The summed E-state index contributed by atoms with van der Waals surface area (Å²) < 4.78 is 34.4. The Kier molecular flexibility index (Phi) is 7.22. The van der Waals surface area contributed by atoms with Gasteiger partial charge in [-0.05, 0) is 0 Å². The number of aryl methyl sites for hydroxylation is 1. The zero-order valence-corrected chi connectivity index (χ0v) is 24.6. The molecule has 0 saturated heterocycles. The molecule has 0 spiro atoms. The van der Waals surface area contributed by atoms with Crippen LogP contribution in [0.25, 0.3) is 0 Å². The van der Waals surface area contributed by atoms with E-state index in [0.29, 0.717) is 3.07 Å². The Morgan fingerprint density at radius 3 is 2.12 bits per heavy atom. The van der Waals surface area contributed by atoms with Crippen LogP contribution in [-0.2, 0) is 67.5 Å². The Morgan fingerprint density at radius 1 is 1.04 bits per heavy atom.